The monoisotopic (exact) mass is 1190 g/mol. The average molecular weight is 1200 g/mol. The van der Waals surface area contributed by atoms with Crippen LogP contribution in [0.1, 0.15) is 148 Å². The van der Waals surface area contributed by atoms with Gasteiger partial charge >= 0.3 is 18.0 Å². The van der Waals surface area contributed by atoms with Crippen LogP contribution < -0.4 is 11.1 Å². The molecule has 4 aromatic carbocycles. The fourth-order valence-electron chi connectivity index (χ4n) is 13.9. The van der Waals surface area contributed by atoms with Crippen molar-refractivity contribution in [3.05, 3.63) is 130 Å². The molecule has 85 heavy (non-hydrogen) atoms. The first-order chi connectivity index (χ1) is 40.9. The zero-order valence-corrected chi connectivity index (χ0v) is 54.5. The molecular weight excluding hydrogens is 1100 g/mol. The van der Waals surface area contributed by atoms with Crippen molar-refractivity contribution in [2.45, 2.75) is 199 Å². The number of hydrogen-bond acceptors (Lipinski definition) is 13. The van der Waals surface area contributed by atoms with Crippen LogP contribution >= 0.6 is 0 Å². The highest BCUT2D eigenvalue weighted by atomic mass is 28.4. The maximum absolute atomic E-state index is 13.1. The summed E-state index contributed by atoms with van der Waals surface area (Å²) in [4.78, 5) is 51.4. The van der Waals surface area contributed by atoms with E-state index in [4.69, 9.17) is 38.5 Å². The van der Waals surface area contributed by atoms with Gasteiger partial charge in [0.15, 0.2) is 16.6 Å². The second-order valence-corrected chi connectivity index (χ2v) is 35.0. The van der Waals surface area contributed by atoms with Crippen molar-refractivity contribution in [2.24, 2.45) is 17.6 Å². The molecule has 1 aliphatic carbocycles. The summed E-state index contributed by atoms with van der Waals surface area (Å²) in [7, 11) is -4.05. The highest BCUT2D eigenvalue weighted by molar-refractivity contribution is 6.76. The highest BCUT2D eigenvalue weighted by Crippen LogP contribution is 2.46. The fraction of sp³-hybridized carbons (Fsp3) is 0.551. The van der Waals surface area contributed by atoms with Gasteiger partial charge in [-0.05, 0) is 106 Å². The van der Waals surface area contributed by atoms with Crippen molar-refractivity contribution < 1.29 is 47.1 Å². The Morgan fingerprint density at radius 2 is 1.05 bits per heavy atom. The number of nitrogens with two attached hydrogens (primary N) is 1. The number of hydrogen-bond donors (Lipinski definition) is 2. The molecule has 1 amide bonds. The highest BCUT2D eigenvalue weighted by Gasteiger charge is 2.58. The lowest BCUT2D eigenvalue weighted by Crippen LogP contribution is -2.47. The summed E-state index contributed by atoms with van der Waals surface area (Å²) in [6, 6.07) is 33.8. The van der Waals surface area contributed by atoms with E-state index >= 15 is 0 Å². The number of carbonyl (C=O) groups excluding carboxylic acids is 3. The van der Waals surface area contributed by atoms with E-state index in [9.17, 15) is 14.4 Å². The van der Waals surface area contributed by atoms with Gasteiger partial charge in [0.2, 0.25) is 0 Å². The van der Waals surface area contributed by atoms with Crippen LogP contribution in [0.2, 0.25) is 34.3 Å². The topological polar surface area (TPSA) is 160 Å². The van der Waals surface area contributed by atoms with E-state index in [0.717, 1.165) is 47.2 Å². The molecule has 0 bridgehead atoms. The first-order valence-electron chi connectivity index (χ1n) is 31.4. The van der Waals surface area contributed by atoms with Crippen molar-refractivity contribution in [1.29, 1.82) is 0 Å². The predicted octanol–water partition coefficient (Wildman–Crippen LogP) is 12.8. The van der Waals surface area contributed by atoms with Crippen molar-refractivity contribution >= 4 is 34.7 Å². The molecule has 4 fully saturated rings. The van der Waals surface area contributed by atoms with Gasteiger partial charge in [0.05, 0.1) is 51.2 Å². The SMILES string of the molecule is CCCC[Si](OC[C@@H]1ON(Cc2cccc(C#CCN)c2)[C@@H]2C(=O)O[C@@H](C)[C@H]12)(C(C)C)C(C)C.CCCC[Si](OC[C@@H]1ON(Cc2cccc(C#CCNC(=O)OCC3c4ccccc4-c4ccccc43)c2)[C@@H]2C(=O)O[C@@H](C)[C@H]12)(C(C)C)C(C)C. The fourth-order valence-corrected chi connectivity index (χ4v) is 23.3. The molecule has 3 N–H and O–H groups in total. The Morgan fingerprint density at radius 3 is 1.47 bits per heavy atom. The lowest BCUT2D eigenvalue weighted by Gasteiger charge is -2.40. The maximum Gasteiger partial charge on any atom is 0.407 e. The Labute approximate surface area is 509 Å². The van der Waals surface area contributed by atoms with Gasteiger partial charge in [0, 0.05) is 17.0 Å². The molecule has 458 valence electrons. The molecule has 0 aromatic heterocycles. The van der Waals surface area contributed by atoms with Crippen molar-refractivity contribution in [1.82, 2.24) is 15.4 Å². The summed E-state index contributed by atoms with van der Waals surface area (Å²) in [5.74, 6) is 11.6. The van der Waals surface area contributed by atoms with E-state index in [1.54, 1.807) is 10.1 Å². The lowest BCUT2D eigenvalue weighted by molar-refractivity contribution is -0.195. The maximum atomic E-state index is 13.1. The third-order valence-electron chi connectivity index (χ3n) is 18.5. The third kappa shape index (κ3) is 15.0. The van der Waals surface area contributed by atoms with Crippen LogP contribution in [0.15, 0.2) is 97.1 Å². The summed E-state index contributed by atoms with van der Waals surface area (Å²) < 4.78 is 30.9. The molecule has 4 heterocycles. The summed E-state index contributed by atoms with van der Waals surface area (Å²) in [6.45, 7) is 29.4. The van der Waals surface area contributed by atoms with Gasteiger partial charge in [-0.3, -0.25) is 19.3 Å². The minimum atomic E-state index is -2.06. The van der Waals surface area contributed by atoms with E-state index < -0.39 is 34.8 Å². The first-order valence-corrected chi connectivity index (χ1v) is 35.9. The van der Waals surface area contributed by atoms with Crippen LogP contribution in [0.25, 0.3) is 11.1 Å². The van der Waals surface area contributed by atoms with Gasteiger partial charge in [-0.25, -0.2) is 4.79 Å². The Bertz CT molecular complexity index is 2980. The number of hydroxylamine groups is 4. The number of rotatable bonds is 23. The van der Waals surface area contributed by atoms with Crippen LogP contribution in [0.4, 0.5) is 4.79 Å². The van der Waals surface area contributed by atoms with Gasteiger partial charge in [-0.1, -0.05) is 191 Å². The Morgan fingerprint density at radius 1 is 0.612 bits per heavy atom. The summed E-state index contributed by atoms with van der Waals surface area (Å²) >= 11 is 0. The zero-order chi connectivity index (χ0) is 61.0. The second kappa shape index (κ2) is 29.8. The molecule has 9 rings (SSSR count). The molecule has 8 atom stereocenters. The number of unbranched alkanes of at least 4 members (excludes halogenated alkanes) is 2. The molecule has 16 heteroatoms. The van der Waals surface area contributed by atoms with Gasteiger partial charge in [-0.15, -0.1) is 0 Å². The van der Waals surface area contributed by atoms with E-state index in [1.807, 2.05) is 86.6 Å². The standard InChI is InChI=1S/C42H52N2O6Si.C27H42N2O4Si/c1-7-8-23-51(28(2)3,29(4)5)48-27-38-39-30(6)49-41(45)40(39)44(50-38)25-32-16-13-15-31(24-32)17-14-22-43-42(46)47-26-37-35-20-11-9-18-33(35)34-19-10-12-21-36(34)37;1-7-8-15-34(19(2)3,20(4)5)31-18-24-25-21(6)32-27(30)26(25)29(33-24)17-23-12-9-11-22(16-23)13-10-14-28/h9-13,15-16,18-21,24,28-30,37-40H,7-8,22-23,25-27H2,1-6H3,(H,43,46);9,11-12,16,19-21,24-26H,7-8,14-15,17-18,28H2,1-6H3/t30-,38-,39+,40-;21-,24-,25+,26-/m00/s1. The quantitative estimate of drug-likeness (QED) is 0.0313. The van der Waals surface area contributed by atoms with Crippen LogP contribution in [0.5, 0.6) is 0 Å². The van der Waals surface area contributed by atoms with Crippen LogP contribution in [0.3, 0.4) is 0 Å². The van der Waals surface area contributed by atoms with Crippen molar-refractivity contribution in [3.8, 4) is 34.8 Å². The summed E-state index contributed by atoms with van der Waals surface area (Å²) in [5.41, 5.74) is 15.9. The molecule has 4 aromatic rings. The largest absolute Gasteiger partial charge is 0.461 e. The predicted molar refractivity (Wildman–Crippen MR) is 338 cm³/mol. The lowest BCUT2D eigenvalue weighted by atomic mass is 9.93. The van der Waals surface area contributed by atoms with Gasteiger partial charge in [0.25, 0.3) is 0 Å². The molecule has 4 saturated heterocycles. The normalized spacial score (nSPS) is 22.7. The Balaban J connectivity index is 0.000000241. The number of benzene rings is 4. The summed E-state index contributed by atoms with van der Waals surface area (Å²) in [5, 5.41) is 6.35. The number of amides is 1. The minimum Gasteiger partial charge on any atom is -0.461 e. The Kier molecular flexibility index (Phi) is 22.9. The number of carbonyl (C=O) groups is 3. The van der Waals surface area contributed by atoms with Crippen molar-refractivity contribution in [3.63, 3.8) is 0 Å². The van der Waals surface area contributed by atoms with Crippen molar-refractivity contribution in [2.75, 3.05) is 32.9 Å². The number of nitrogens with zero attached hydrogens (tertiary/aromatic N) is 2. The molecule has 14 nitrogen and oxygen atoms in total. The summed E-state index contributed by atoms with van der Waals surface area (Å²) in [6.07, 6.45) is 3.28. The average Bonchev–Trinajstić information content (AvgIpc) is 1.95. The second-order valence-electron chi connectivity index (χ2n) is 25.0. The third-order valence-corrected chi connectivity index (χ3v) is 30.0. The van der Waals surface area contributed by atoms with E-state index in [2.05, 4.69) is 123 Å². The van der Waals surface area contributed by atoms with Crippen LogP contribution in [0, 0.1) is 35.5 Å². The van der Waals surface area contributed by atoms with E-state index in [0.29, 0.717) is 55.0 Å². The van der Waals surface area contributed by atoms with Gasteiger partial charge in [0.1, 0.15) is 43.1 Å². The number of esters is 2. The number of cyclic esters (lactones) is 2. The number of ether oxygens (including phenoxy) is 3. The molecular formula is C69H94N4O10Si2. The first kappa shape index (κ1) is 65.3. The van der Waals surface area contributed by atoms with Crippen LogP contribution in [-0.4, -0.2) is 114 Å². The van der Waals surface area contributed by atoms with Gasteiger partial charge < -0.3 is 34.1 Å². The number of nitrogens with one attached hydrogen (secondary N) is 1. The molecule has 0 unspecified atom stereocenters. The molecule has 0 radical (unpaired) electrons. The number of fused-ring (bicyclic) bond motifs is 5. The molecule has 4 aliphatic heterocycles. The van der Waals surface area contributed by atoms with Gasteiger partial charge in [-0.2, -0.15) is 10.1 Å². The number of alkyl carbamates (subject to hydrolysis) is 1. The van der Waals surface area contributed by atoms with Crippen LogP contribution in [-0.2, 0) is 55.4 Å². The Hall–Kier alpha value is -5.64. The zero-order valence-electron chi connectivity index (χ0n) is 52.5. The molecule has 5 aliphatic rings. The molecule has 0 spiro atoms. The minimum absolute atomic E-state index is 0.00484. The molecule has 0 saturated carbocycles. The smallest absolute Gasteiger partial charge is 0.407 e. The van der Waals surface area contributed by atoms with E-state index in [1.165, 1.54) is 35.1 Å². The van der Waals surface area contributed by atoms with E-state index in [-0.39, 0.29) is 67.3 Å².